The molecule has 2 aromatic carbocycles. The molecule has 52 heavy (non-hydrogen) atoms. The van der Waals surface area contributed by atoms with Gasteiger partial charge in [0.25, 0.3) is 0 Å². The maximum Gasteiger partial charge on any atom is 0.338 e. The highest BCUT2D eigenvalue weighted by atomic mass is 32.2. The fourth-order valence-electron chi connectivity index (χ4n) is 6.13. The van der Waals surface area contributed by atoms with Gasteiger partial charge in [0.1, 0.15) is 36.5 Å². The summed E-state index contributed by atoms with van der Waals surface area (Å²) in [7, 11) is 0. The zero-order chi connectivity index (χ0) is 37.4. The van der Waals surface area contributed by atoms with E-state index in [0.717, 1.165) is 27.7 Å². The molecule has 282 valence electrons. The maximum atomic E-state index is 13.6. The van der Waals surface area contributed by atoms with Gasteiger partial charge in [0.15, 0.2) is 37.0 Å². The number of carbonyl (C=O) groups excluding carboxylic acids is 5. The average Bonchev–Trinajstić information content (AvgIpc) is 3.42. The Morgan fingerprint density at radius 1 is 0.750 bits per heavy atom. The van der Waals surface area contributed by atoms with E-state index in [2.05, 4.69) is 0 Å². The summed E-state index contributed by atoms with van der Waals surface area (Å²) in [5.41, 5.74) is 0.205. The van der Waals surface area contributed by atoms with E-state index in [-0.39, 0.29) is 12.2 Å². The third-order valence-electron chi connectivity index (χ3n) is 8.18. The Hall–Kier alpha value is -4.06. The van der Waals surface area contributed by atoms with Crippen LogP contribution in [0.3, 0.4) is 0 Å². The van der Waals surface area contributed by atoms with Crippen molar-refractivity contribution in [1.82, 2.24) is 0 Å². The molecule has 15 nitrogen and oxygen atoms in total. The summed E-state index contributed by atoms with van der Waals surface area (Å²) in [6.45, 7) is 6.10. The van der Waals surface area contributed by atoms with Gasteiger partial charge in [0.2, 0.25) is 0 Å². The largest absolute Gasteiger partial charge is 0.462 e. The van der Waals surface area contributed by atoms with Crippen LogP contribution in [0, 0.1) is 0 Å². The van der Waals surface area contributed by atoms with Crippen LogP contribution >= 0.6 is 11.8 Å². The normalized spacial score (nSPS) is 30.2. The van der Waals surface area contributed by atoms with Crippen molar-refractivity contribution in [3.05, 3.63) is 71.8 Å². The summed E-state index contributed by atoms with van der Waals surface area (Å²) >= 11 is 1.36. The Morgan fingerprint density at radius 3 is 2.02 bits per heavy atom. The first-order valence-electron chi connectivity index (χ1n) is 16.8. The second-order valence-electron chi connectivity index (χ2n) is 12.1. The molecule has 0 radical (unpaired) electrons. The average molecular weight is 747 g/mol. The number of hydrogen-bond acceptors (Lipinski definition) is 16. The third kappa shape index (κ3) is 9.87. The molecular formula is C36H42O15S. The van der Waals surface area contributed by atoms with Crippen LogP contribution in [0.25, 0.3) is 0 Å². The second kappa shape index (κ2) is 18.1. The number of benzene rings is 2. The molecule has 0 saturated carbocycles. The van der Waals surface area contributed by atoms with Gasteiger partial charge in [-0.25, -0.2) is 4.79 Å². The van der Waals surface area contributed by atoms with Gasteiger partial charge in [-0.15, -0.1) is 11.8 Å². The van der Waals surface area contributed by atoms with Crippen LogP contribution in [0.2, 0.25) is 0 Å². The SMILES string of the molecule is CCS[C@H]1O[C@@H]2CO[C@@H](c3ccccc3)O[C@H]2[C@H](O[C@@H]2O[C@@H]([C@@H](COC(C)=O)OC(C)=O)[C@H](OC(C)=O)[C@H]2OC(C)=O)[C@@H]1OC(=O)c1ccccc1. The number of ether oxygens (including phenoxy) is 10. The molecule has 0 aliphatic carbocycles. The predicted molar refractivity (Wildman–Crippen MR) is 179 cm³/mol. The molecule has 2 aromatic rings. The van der Waals surface area contributed by atoms with E-state index in [4.69, 9.17) is 47.4 Å². The highest BCUT2D eigenvalue weighted by molar-refractivity contribution is 7.99. The minimum absolute atomic E-state index is 0.0821. The zero-order valence-electron chi connectivity index (χ0n) is 29.3. The summed E-state index contributed by atoms with van der Waals surface area (Å²) in [6.07, 6.45) is -11.8. The molecule has 5 rings (SSSR count). The minimum atomic E-state index is -1.52. The summed E-state index contributed by atoms with van der Waals surface area (Å²) in [5.74, 6) is -3.07. The van der Waals surface area contributed by atoms with Crippen LogP contribution in [0.1, 0.15) is 56.8 Å². The molecule has 0 N–H and O–H groups in total. The zero-order valence-corrected chi connectivity index (χ0v) is 30.1. The van der Waals surface area contributed by atoms with Gasteiger partial charge in [-0.2, -0.15) is 0 Å². The van der Waals surface area contributed by atoms with Gasteiger partial charge in [-0.05, 0) is 17.9 Å². The Morgan fingerprint density at radius 2 is 1.40 bits per heavy atom. The molecule has 0 aromatic heterocycles. The van der Waals surface area contributed by atoms with Crippen molar-refractivity contribution < 1.29 is 71.3 Å². The van der Waals surface area contributed by atoms with Gasteiger partial charge in [-0.1, -0.05) is 55.5 Å². The van der Waals surface area contributed by atoms with Crippen molar-refractivity contribution in [2.45, 2.75) is 101 Å². The lowest BCUT2D eigenvalue weighted by molar-refractivity contribution is -0.342. The van der Waals surface area contributed by atoms with Gasteiger partial charge in [0, 0.05) is 33.3 Å². The molecule has 0 spiro atoms. The van der Waals surface area contributed by atoms with E-state index in [9.17, 15) is 24.0 Å². The summed E-state index contributed by atoms with van der Waals surface area (Å²) in [6, 6.07) is 17.5. The number of carbonyl (C=O) groups is 5. The summed E-state index contributed by atoms with van der Waals surface area (Å²) in [5, 5.41) is 0. The van der Waals surface area contributed by atoms with E-state index < -0.39 is 103 Å². The van der Waals surface area contributed by atoms with Gasteiger partial charge in [0.05, 0.1) is 12.2 Å². The van der Waals surface area contributed by atoms with E-state index in [0.29, 0.717) is 11.3 Å². The molecule has 3 heterocycles. The first-order valence-corrected chi connectivity index (χ1v) is 17.8. The highest BCUT2D eigenvalue weighted by Gasteiger charge is 2.59. The van der Waals surface area contributed by atoms with Gasteiger partial charge in [-0.3, -0.25) is 19.2 Å². The monoisotopic (exact) mass is 746 g/mol. The number of esters is 5. The van der Waals surface area contributed by atoms with Crippen LogP contribution in [-0.4, -0.2) is 109 Å². The fraction of sp³-hybridized carbons (Fsp3) is 0.528. The number of rotatable bonds is 13. The van der Waals surface area contributed by atoms with Gasteiger partial charge >= 0.3 is 29.8 Å². The molecule has 3 aliphatic heterocycles. The quantitative estimate of drug-likeness (QED) is 0.215. The van der Waals surface area contributed by atoms with Crippen molar-refractivity contribution in [1.29, 1.82) is 0 Å². The van der Waals surface area contributed by atoms with Crippen molar-refractivity contribution >= 4 is 41.6 Å². The number of hydrogen-bond donors (Lipinski definition) is 0. The molecule has 0 unspecified atom stereocenters. The number of fused-ring (bicyclic) bond motifs is 1. The maximum absolute atomic E-state index is 13.6. The van der Waals surface area contributed by atoms with Crippen LogP contribution in [0.5, 0.6) is 0 Å². The molecule has 16 heteroatoms. The van der Waals surface area contributed by atoms with Crippen LogP contribution in [-0.2, 0) is 66.5 Å². The topological polar surface area (TPSA) is 178 Å². The molecule has 3 aliphatic rings. The first-order chi connectivity index (χ1) is 24.9. The molecule has 11 atom stereocenters. The molecule has 0 bridgehead atoms. The van der Waals surface area contributed by atoms with Crippen molar-refractivity contribution in [3.8, 4) is 0 Å². The fourth-order valence-corrected chi connectivity index (χ4v) is 7.08. The molecular weight excluding hydrogens is 704 g/mol. The predicted octanol–water partition coefficient (Wildman–Crippen LogP) is 3.27. The Balaban J connectivity index is 1.55. The second-order valence-corrected chi connectivity index (χ2v) is 13.5. The summed E-state index contributed by atoms with van der Waals surface area (Å²) < 4.78 is 60.0. The lowest BCUT2D eigenvalue weighted by Crippen LogP contribution is -2.64. The lowest BCUT2D eigenvalue weighted by Gasteiger charge is -2.49. The smallest absolute Gasteiger partial charge is 0.338 e. The van der Waals surface area contributed by atoms with E-state index >= 15 is 0 Å². The van der Waals surface area contributed by atoms with E-state index in [1.165, 1.54) is 11.8 Å². The Kier molecular flexibility index (Phi) is 13.6. The Bertz CT molecular complexity index is 1540. The van der Waals surface area contributed by atoms with E-state index in [1.807, 2.05) is 37.3 Å². The standard InChI is InChI=1S/C36H42O15S/c1-6-52-36-32(48-33(41)23-13-9-7-10-14-23)30(28-26(47-36)18-43-34(49-28)24-15-11-8-12-16-24)51-35-31(46-22(5)40)29(45-21(4)39)27(50-35)25(44-20(3)38)17-42-19(2)37/h7-16,25-32,34-36H,6,17-18H2,1-5H3/t25-,26-,27+,28-,29+,30+,31-,32+,34-,35+,36-/m1/s1. The van der Waals surface area contributed by atoms with Crippen molar-refractivity contribution in [2.75, 3.05) is 19.0 Å². The first kappa shape index (κ1) is 39.2. The molecule has 3 fully saturated rings. The van der Waals surface area contributed by atoms with Crippen LogP contribution in [0.15, 0.2) is 60.7 Å². The minimum Gasteiger partial charge on any atom is -0.462 e. The third-order valence-corrected chi connectivity index (χ3v) is 9.22. The summed E-state index contributed by atoms with van der Waals surface area (Å²) in [4.78, 5) is 62.4. The lowest BCUT2D eigenvalue weighted by atomic mass is 9.97. The highest BCUT2D eigenvalue weighted by Crippen LogP contribution is 2.42. The molecule has 0 amide bonds. The van der Waals surface area contributed by atoms with Crippen LogP contribution < -0.4 is 0 Å². The van der Waals surface area contributed by atoms with Gasteiger partial charge < -0.3 is 47.4 Å². The van der Waals surface area contributed by atoms with Crippen molar-refractivity contribution in [2.24, 2.45) is 0 Å². The van der Waals surface area contributed by atoms with E-state index in [1.54, 1.807) is 30.3 Å². The Labute approximate surface area is 304 Å². The van der Waals surface area contributed by atoms with Crippen molar-refractivity contribution in [3.63, 3.8) is 0 Å². The van der Waals surface area contributed by atoms with Crippen LogP contribution in [0.4, 0.5) is 0 Å². The number of thioether (sulfide) groups is 1. The molecule has 3 saturated heterocycles.